The van der Waals surface area contributed by atoms with Crippen molar-refractivity contribution in [3.05, 3.63) is 72.1 Å². The van der Waals surface area contributed by atoms with Crippen LogP contribution in [0.3, 0.4) is 0 Å². The Bertz CT molecular complexity index is 831. The number of nitrogens with zero attached hydrogens (tertiary/aromatic N) is 1. The maximum Gasteiger partial charge on any atom is 0.125 e. The van der Waals surface area contributed by atoms with E-state index in [0.29, 0.717) is 6.42 Å². The van der Waals surface area contributed by atoms with Gasteiger partial charge in [0.05, 0.1) is 0 Å². The number of benzene rings is 2. The van der Waals surface area contributed by atoms with Crippen LogP contribution in [0.1, 0.15) is 17.8 Å². The lowest BCUT2D eigenvalue weighted by Gasteiger charge is -2.09. The molecule has 3 aromatic rings. The van der Waals surface area contributed by atoms with Gasteiger partial charge in [-0.3, -0.25) is 0 Å². The number of rotatable bonds is 4. The molecule has 0 radical (unpaired) electrons. The second-order valence-corrected chi connectivity index (χ2v) is 6.00. The van der Waals surface area contributed by atoms with Gasteiger partial charge < -0.3 is 9.36 Å². The van der Waals surface area contributed by atoms with Gasteiger partial charge in [-0.1, -0.05) is 60.7 Å². The second-order valence-electron chi connectivity index (χ2n) is 6.00. The van der Waals surface area contributed by atoms with Crippen LogP contribution in [0, 0.1) is 0 Å². The Balaban J connectivity index is 2.04. The standard InChI is InChI=1S/C21H19NO/c23-15-13-19-21(17-10-5-2-6-11-17)20(16-8-3-1-4-9-16)18-12-7-14-22(18)19/h1-6,8-11,15H,7,12-14H2. The molecule has 0 saturated carbocycles. The average molecular weight is 301 g/mol. The van der Waals surface area contributed by atoms with Crippen LogP contribution in [0.25, 0.3) is 22.3 Å². The molecule has 4 rings (SSSR count). The number of carbonyl (C=O) groups is 1. The van der Waals surface area contributed by atoms with Crippen molar-refractivity contribution in [1.29, 1.82) is 0 Å². The molecule has 1 aliphatic rings. The summed E-state index contributed by atoms with van der Waals surface area (Å²) in [6.45, 7) is 1.02. The van der Waals surface area contributed by atoms with Crippen molar-refractivity contribution in [3.8, 4) is 22.3 Å². The van der Waals surface area contributed by atoms with Crippen LogP contribution in [-0.4, -0.2) is 10.9 Å². The minimum Gasteiger partial charge on any atom is -0.347 e. The first-order valence-electron chi connectivity index (χ1n) is 8.19. The minimum atomic E-state index is 0.476. The Hall–Kier alpha value is -2.61. The summed E-state index contributed by atoms with van der Waals surface area (Å²) in [6, 6.07) is 21.0. The molecule has 0 atom stereocenters. The van der Waals surface area contributed by atoms with Gasteiger partial charge in [0.15, 0.2) is 0 Å². The minimum absolute atomic E-state index is 0.476. The third-order valence-corrected chi connectivity index (χ3v) is 4.68. The van der Waals surface area contributed by atoms with Gasteiger partial charge in [-0.25, -0.2) is 0 Å². The molecule has 0 bridgehead atoms. The van der Waals surface area contributed by atoms with Crippen molar-refractivity contribution >= 4 is 6.29 Å². The molecule has 1 aromatic heterocycles. The first-order valence-corrected chi connectivity index (χ1v) is 8.19. The zero-order chi connectivity index (χ0) is 15.6. The molecule has 1 aliphatic heterocycles. The first kappa shape index (κ1) is 14.0. The quantitative estimate of drug-likeness (QED) is 0.650. The summed E-state index contributed by atoms with van der Waals surface area (Å²) < 4.78 is 2.37. The zero-order valence-electron chi connectivity index (χ0n) is 13.0. The molecule has 2 nitrogen and oxygen atoms in total. The van der Waals surface area contributed by atoms with Gasteiger partial charge in [0.1, 0.15) is 6.29 Å². The normalized spacial score (nSPS) is 13.0. The molecule has 23 heavy (non-hydrogen) atoms. The van der Waals surface area contributed by atoms with Crippen molar-refractivity contribution in [2.24, 2.45) is 0 Å². The highest BCUT2D eigenvalue weighted by atomic mass is 16.1. The topological polar surface area (TPSA) is 22.0 Å². The van der Waals surface area contributed by atoms with E-state index in [1.54, 1.807) is 0 Å². The van der Waals surface area contributed by atoms with Gasteiger partial charge in [-0.2, -0.15) is 0 Å². The van der Waals surface area contributed by atoms with E-state index < -0.39 is 0 Å². The van der Waals surface area contributed by atoms with E-state index in [2.05, 4.69) is 53.1 Å². The SMILES string of the molecule is O=CCc1c(-c2ccccc2)c(-c2ccccc2)c2n1CCC2. The van der Waals surface area contributed by atoms with Crippen LogP contribution in [0.4, 0.5) is 0 Å². The van der Waals surface area contributed by atoms with Crippen molar-refractivity contribution < 1.29 is 4.79 Å². The molecule has 2 heteroatoms. The molecular weight excluding hydrogens is 282 g/mol. The Morgan fingerprint density at radius 2 is 1.48 bits per heavy atom. The van der Waals surface area contributed by atoms with E-state index >= 15 is 0 Å². The lowest BCUT2D eigenvalue weighted by Crippen LogP contribution is -2.01. The number of aromatic nitrogens is 1. The van der Waals surface area contributed by atoms with E-state index in [1.165, 1.54) is 27.9 Å². The fraction of sp³-hybridized carbons (Fsp3) is 0.190. The summed E-state index contributed by atoms with van der Waals surface area (Å²) in [4.78, 5) is 11.3. The molecule has 0 fully saturated rings. The predicted octanol–water partition coefficient (Wildman–Crippen LogP) is 4.51. The van der Waals surface area contributed by atoms with E-state index in [1.807, 2.05) is 12.1 Å². The summed E-state index contributed by atoms with van der Waals surface area (Å²) in [6.07, 6.45) is 3.76. The van der Waals surface area contributed by atoms with Crippen LogP contribution in [0.15, 0.2) is 60.7 Å². The smallest absolute Gasteiger partial charge is 0.125 e. The maximum absolute atomic E-state index is 11.3. The molecule has 0 unspecified atom stereocenters. The van der Waals surface area contributed by atoms with Gasteiger partial charge in [0, 0.05) is 35.5 Å². The van der Waals surface area contributed by atoms with Gasteiger partial charge in [0.2, 0.25) is 0 Å². The summed E-state index contributed by atoms with van der Waals surface area (Å²) in [5, 5.41) is 0. The molecular formula is C21H19NO. The zero-order valence-corrected chi connectivity index (χ0v) is 13.0. The highest BCUT2D eigenvalue weighted by molar-refractivity contribution is 5.89. The molecule has 2 aromatic carbocycles. The fourth-order valence-electron chi connectivity index (χ4n) is 3.78. The first-order chi connectivity index (χ1) is 11.4. The molecule has 0 amide bonds. The largest absolute Gasteiger partial charge is 0.347 e. The molecule has 0 aliphatic carbocycles. The lowest BCUT2D eigenvalue weighted by atomic mass is 9.93. The molecule has 0 N–H and O–H groups in total. The van der Waals surface area contributed by atoms with Crippen molar-refractivity contribution in [2.75, 3.05) is 0 Å². The van der Waals surface area contributed by atoms with E-state index in [9.17, 15) is 4.79 Å². The summed E-state index contributed by atoms with van der Waals surface area (Å²) in [5.74, 6) is 0. The van der Waals surface area contributed by atoms with Crippen LogP contribution >= 0.6 is 0 Å². The number of fused-ring (bicyclic) bond motifs is 1. The Morgan fingerprint density at radius 1 is 0.870 bits per heavy atom. The highest BCUT2D eigenvalue weighted by Crippen LogP contribution is 2.42. The Kier molecular flexibility index (Phi) is 3.58. The average Bonchev–Trinajstić information content (AvgIpc) is 3.18. The number of aldehydes is 1. The van der Waals surface area contributed by atoms with Gasteiger partial charge >= 0.3 is 0 Å². The van der Waals surface area contributed by atoms with Crippen LogP contribution < -0.4 is 0 Å². The van der Waals surface area contributed by atoms with Crippen molar-refractivity contribution in [2.45, 2.75) is 25.8 Å². The van der Waals surface area contributed by atoms with E-state index in [4.69, 9.17) is 0 Å². The Morgan fingerprint density at radius 3 is 2.09 bits per heavy atom. The number of hydrogen-bond acceptors (Lipinski definition) is 1. The maximum atomic E-state index is 11.3. The third-order valence-electron chi connectivity index (χ3n) is 4.68. The third kappa shape index (κ3) is 2.31. The van der Waals surface area contributed by atoms with Crippen LogP contribution in [-0.2, 0) is 24.2 Å². The molecule has 0 saturated heterocycles. The van der Waals surface area contributed by atoms with Gasteiger partial charge in [0.25, 0.3) is 0 Å². The van der Waals surface area contributed by atoms with Crippen LogP contribution in [0.5, 0.6) is 0 Å². The molecule has 114 valence electrons. The van der Waals surface area contributed by atoms with Crippen molar-refractivity contribution in [1.82, 2.24) is 4.57 Å². The highest BCUT2D eigenvalue weighted by Gasteiger charge is 2.26. The lowest BCUT2D eigenvalue weighted by molar-refractivity contribution is -0.107. The fourth-order valence-corrected chi connectivity index (χ4v) is 3.78. The van der Waals surface area contributed by atoms with Crippen molar-refractivity contribution in [3.63, 3.8) is 0 Å². The summed E-state index contributed by atoms with van der Waals surface area (Å²) >= 11 is 0. The van der Waals surface area contributed by atoms with E-state index in [-0.39, 0.29) is 0 Å². The monoisotopic (exact) mass is 301 g/mol. The predicted molar refractivity (Wildman–Crippen MR) is 93.4 cm³/mol. The van der Waals surface area contributed by atoms with Gasteiger partial charge in [-0.15, -0.1) is 0 Å². The number of hydrogen-bond donors (Lipinski definition) is 0. The summed E-state index contributed by atoms with van der Waals surface area (Å²) in [7, 11) is 0. The second kappa shape index (κ2) is 5.88. The Labute approximate surface area is 136 Å². The number of carbonyl (C=O) groups excluding carboxylic acids is 1. The molecule has 2 heterocycles. The van der Waals surface area contributed by atoms with Crippen LogP contribution in [0.2, 0.25) is 0 Å². The van der Waals surface area contributed by atoms with E-state index in [0.717, 1.165) is 31.4 Å². The molecule has 0 spiro atoms. The van der Waals surface area contributed by atoms with Gasteiger partial charge in [-0.05, 0) is 24.0 Å². The summed E-state index contributed by atoms with van der Waals surface area (Å²) in [5.41, 5.74) is 7.54.